The van der Waals surface area contributed by atoms with Gasteiger partial charge in [-0.25, -0.2) is 9.97 Å². The van der Waals surface area contributed by atoms with Crippen LogP contribution in [0, 0.1) is 12.3 Å². The van der Waals surface area contributed by atoms with Crippen LogP contribution in [0.5, 0.6) is 0 Å². The van der Waals surface area contributed by atoms with E-state index in [1.54, 1.807) is 0 Å². The van der Waals surface area contributed by atoms with Gasteiger partial charge in [0.05, 0.1) is 11.8 Å². The lowest BCUT2D eigenvalue weighted by Gasteiger charge is -2.36. The molecular formula is C16H23N5. The Balaban J connectivity index is 2.07. The van der Waals surface area contributed by atoms with Crippen molar-refractivity contribution < 1.29 is 0 Å². The Morgan fingerprint density at radius 1 is 1.33 bits per heavy atom. The first-order chi connectivity index (χ1) is 9.91. The van der Waals surface area contributed by atoms with Crippen LogP contribution in [0.15, 0.2) is 12.4 Å². The number of aryl methyl sites for hydroxylation is 1. The van der Waals surface area contributed by atoms with E-state index in [1.165, 1.54) is 11.3 Å². The molecule has 2 heterocycles. The van der Waals surface area contributed by atoms with Crippen LogP contribution in [0.3, 0.4) is 0 Å². The van der Waals surface area contributed by atoms with Gasteiger partial charge < -0.3 is 5.32 Å². The van der Waals surface area contributed by atoms with E-state index in [2.05, 4.69) is 29.2 Å². The van der Waals surface area contributed by atoms with Crippen LogP contribution in [0.1, 0.15) is 43.3 Å². The molecule has 21 heavy (non-hydrogen) atoms. The second kappa shape index (κ2) is 4.91. The molecule has 2 aromatic rings. The summed E-state index contributed by atoms with van der Waals surface area (Å²) in [6.45, 7) is 6.65. The highest BCUT2D eigenvalue weighted by Crippen LogP contribution is 2.40. The lowest BCUT2D eigenvalue weighted by molar-refractivity contribution is 0.260. The molecule has 0 saturated heterocycles. The fourth-order valence-corrected chi connectivity index (χ4v) is 3.15. The Morgan fingerprint density at radius 2 is 2.10 bits per heavy atom. The average molecular weight is 285 g/mol. The summed E-state index contributed by atoms with van der Waals surface area (Å²) in [6, 6.07) is 0.341. The van der Waals surface area contributed by atoms with Crippen molar-refractivity contribution in [3.05, 3.63) is 29.3 Å². The smallest absolute Gasteiger partial charge is 0.162 e. The standard InChI is InChI=1S/C16H23N5/c1-10-11(9-19-21(10)5)15-18-8-12-13(17-4)6-16(2,3)7-14(12)20-15/h8-9,13,17H,6-7H2,1-5H3. The van der Waals surface area contributed by atoms with Gasteiger partial charge in [0.2, 0.25) is 0 Å². The van der Waals surface area contributed by atoms with Crippen molar-refractivity contribution in [1.82, 2.24) is 25.1 Å². The van der Waals surface area contributed by atoms with E-state index in [-0.39, 0.29) is 5.41 Å². The molecule has 1 atom stereocenters. The zero-order valence-corrected chi connectivity index (χ0v) is 13.4. The van der Waals surface area contributed by atoms with Crippen LogP contribution >= 0.6 is 0 Å². The molecule has 1 aliphatic rings. The number of hydrogen-bond donors (Lipinski definition) is 1. The molecule has 1 unspecified atom stereocenters. The van der Waals surface area contributed by atoms with E-state index in [0.717, 1.165) is 29.9 Å². The normalized spacial score (nSPS) is 20.3. The van der Waals surface area contributed by atoms with Gasteiger partial charge in [-0.3, -0.25) is 4.68 Å². The van der Waals surface area contributed by atoms with Crippen LogP contribution < -0.4 is 5.32 Å². The molecule has 0 spiro atoms. The summed E-state index contributed by atoms with van der Waals surface area (Å²) in [5.41, 5.74) is 4.77. The summed E-state index contributed by atoms with van der Waals surface area (Å²) in [7, 11) is 3.95. The Bertz CT molecular complexity index is 671. The molecule has 0 radical (unpaired) electrons. The minimum absolute atomic E-state index is 0.260. The van der Waals surface area contributed by atoms with Crippen molar-refractivity contribution in [1.29, 1.82) is 0 Å². The molecule has 5 nitrogen and oxygen atoms in total. The maximum Gasteiger partial charge on any atom is 0.162 e. The maximum atomic E-state index is 4.85. The molecule has 112 valence electrons. The number of nitrogens with one attached hydrogen (secondary N) is 1. The second-order valence-corrected chi connectivity index (χ2v) is 6.75. The molecular weight excluding hydrogens is 262 g/mol. The third-order valence-electron chi connectivity index (χ3n) is 4.50. The van der Waals surface area contributed by atoms with Gasteiger partial charge in [0.15, 0.2) is 5.82 Å². The van der Waals surface area contributed by atoms with Crippen LogP contribution in [0.4, 0.5) is 0 Å². The van der Waals surface area contributed by atoms with Gasteiger partial charge in [0, 0.05) is 36.2 Å². The van der Waals surface area contributed by atoms with E-state index < -0.39 is 0 Å². The Morgan fingerprint density at radius 3 is 2.71 bits per heavy atom. The summed E-state index contributed by atoms with van der Waals surface area (Å²) in [5.74, 6) is 0.784. The monoisotopic (exact) mass is 285 g/mol. The van der Waals surface area contributed by atoms with Gasteiger partial charge in [0.1, 0.15) is 0 Å². The second-order valence-electron chi connectivity index (χ2n) is 6.75. The molecule has 0 saturated carbocycles. The van der Waals surface area contributed by atoms with Gasteiger partial charge in [-0.05, 0) is 32.2 Å². The highest BCUT2D eigenvalue weighted by Gasteiger charge is 2.33. The molecule has 3 rings (SSSR count). The number of hydrogen-bond acceptors (Lipinski definition) is 4. The van der Waals surface area contributed by atoms with Gasteiger partial charge >= 0.3 is 0 Å². The molecule has 0 amide bonds. The summed E-state index contributed by atoms with van der Waals surface area (Å²) < 4.78 is 1.86. The molecule has 0 fully saturated rings. The minimum atomic E-state index is 0.260. The van der Waals surface area contributed by atoms with Gasteiger partial charge in [-0.15, -0.1) is 0 Å². The molecule has 5 heteroatoms. The highest BCUT2D eigenvalue weighted by atomic mass is 15.3. The minimum Gasteiger partial charge on any atom is -0.313 e. The largest absolute Gasteiger partial charge is 0.313 e. The van der Waals surface area contributed by atoms with E-state index >= 15 is 0 Å². The quantitative estimate of drug-likeness (QED) is 0.920. The first kappa shape index (κ1) is 14.2. The van der Waals surface area contributed by atoms with Crippen molar-refractivity contribution in [2.45, 2.75) is 39.7 Å². The summed E-state index contributed by atoms with van der Waals surface area (Å²) in [5, 5.41) is 7.68. The summed E-state index contributed by atoms with van der Waals surface area (Å²) >= 11 is 0. The number of aromatic nitrogens is 4. The zero-order valence-electron chi connectivity index (χ0n) is 13.4. The molecule has 0 aromatic carbocycles. The van der Waals surface area contributed by atoms with E-state index in [9.17, 15) is 0 Å². The lowest BCUT2D eigenvalue weighted by Crippen LogP contribution is -2.32. The van der Waals surface area contributed by atoms with Gasteiger partial charge in [-0.1, -0.05) is 13.8 Å². The van der Waals surface area contributed by atoms with Crippen LogP contribution in [0.25, 0.3) is 11.4 Å². The summed E-state index contributed by atoms with van der Waals surface area (Å²) in [4.78, 5) is 9.43. The van der Waals surface area contributed by atoms with E-state index in [4.69, 9.17) is 4.98 Å². The van der Waals surface area contributed by atoms with Crippen molar-refractivity contribution in [3.8, 4) is 11.4 Å². The molecule has 0 bridgehead atoms. The fraction of sp³-hybridized carbons (Fsp3) is 0.562. The Kier molecular flexibility index (Phi) is 3.32. The predicted octanol–water partition coefficient (Wildman–Crippen LogP) is 2.42. The molecule has 0 aliphatic heterocycles. The van der Waals surface area contributed by atoms with Crippen molar-refractivity contribution >= 4 is 0 Å². The van der Waals surface area contributed by atoms with Crippen molar-refractivity contribution in [2.24, 2.45) is 12.5 Å². The number of rotatable bonds is 2. The average Bonchev–Trinajstić information content (AvgIpc) is 2.76. The number of fused-ring (bicyclic) bond motifs is 1. The van der Waals surface area contributed by atoms with Crippen molar-refractivity contribution in [3.63, 3.8) is 0 Å². The van der Waals surface area contributed by atoms with Gasteiger partial charge in [0.25, 0.3) is 0 Å². The lowest BCUT2D eigenvalue weighted by atomic mass is 9.74. The highest BCUT2D eigenvalue weighted by molar-refractivity contribution is 5.57. The van der Waals surface area contributed by atoms with Crippen LogP contribution in [-0.2, 0) is 13.5 Å². The molecule has 1 N–H and O–H groups in total. The first-order valence-electron chi connectivity index (χ1n) is 7.43. The SMILES string of the molecule is CNC1CC(C)(C)Cc2nc(-c3cnn(C)c3C)ncc21. The molecule has 2 aromatic heterocycles. The van der Waals surface area contributed by atoms with E-state index in [0.29, 0.717) is 6.04 Å². The van der Waals surface area contributed by atoms with Gasteiger partial charge in [-0.2, -0.15) is 5.10 Å². The fourth-order valence-electron chi connectivity index (χ4n) is 3.15. The Hall–Kier alpha value is -1.75. The maximum absolute atomic E-state index is 4.85. The molecule has 1 aliphatic carbocycles. The topological polar surface area (TPSA) is 55.6 Å². The van der Waals surface area contributed by atoms with Crippen LogP contribution in [-0.4, -0.2) is 26.8 Å². The van der Waals surface area contributed by atoms with Crippen LogP contribution in [0.2, 0.25) is 0 Å². The first-order valence-corrected chi connectivity index (χ1v) is 7.43. The summed E-state index contributed by atoms with van der Waals surface area (Å²) in [6.07, 6.45) is 5.95. The third-order valence-corrected chi connectivity index (χ3v) is 4.50. The third kappa shape index (κ3) is 2.46. The predicted molar refractivity (Wildman–Crippen MR) is 82.9 cm³/mol. The van der Waals surface area contributed by atoms with E-state index in [1.807, 2.05) is 38.1 Å². The number of nitrogens with zero attached hydrogens (tertiary/aromatic N) is 4. The zero-order chi connectivity index (χ0) is 15.2. The van der Waals surface area contributed by atoms with Crippen molar-refractivity contribution in [2.75, 3.05) is 7.05 Å². The Labute approximate surface area is 125 Å².